The SMILES string of the molecule is C#Cc1cc(-c2c(C)cc(F)cc2C)c(F)c([C@H](CC(=O)O)NC(=O)[C@@H](CC(C)C)n2cc(CCN(C)C)c(C(F)(F)F)cc2=O)c1F. The maximum absolute atomic E-state index is 16.4. The lowest BCUT2D eigenvalue weighted by Gasteiger charge is -2.27. The number of carboxylic acids is 1. The van der Waals surface area contributed by atoms with Gasteiger partial charge in [0.1, 0.15) is 23.5 Å². The fraction of sp³-hybridized carbons (Fsp3) is 0.400. The van der Waals surface area contributed by atoms with Crippen LogP contribution in [0.3, 0.4) is 0 Å². The van der Waals surface area contributed by atoms with Crippen LogP contribution in [0.2, 0.25) is 0 Å². The van der Waals surface area contributed by atoms with E-state index in [-0.39, 0.29) is 53.1 Å². The van der Waals surface area contributed by atoms with Crippen LogP contribution in [0, 0.1) is 49.6 Å². The van der Waals surface area contributed by atoms with E-state index in [9.17, 15) is 37.1 Å². The van der Waals surface area contributed by atoms with Gasteiger partial charge in [-0.25, -0.2) is 13.2 Å². The number of hydrogen-bond acceptors (Lipinski definition) is 4. The molecule has 1 amide bonds. The molecule has 0 unspecified atom stereocenters. The van der Waals surface area contributed by atoms with Crippen molar-refractivity contribution in [2.45, 2.75) is 65.2 Å². The van der Waals surface area contributed by atoms with Gasteiger partial charge in [-0.05, 0) is 87.2 Å². The van der Waals surface area contributed by atoms with E-state index in [2.05, 4.69) is 11.2 Å². The minimum absolute atomic E-state index is 0.0986. The third-order valence-electron chi connectivity index (χ3n) is 7.83. The normalized spacial score (nSPS) is 13.0. The standard InChI is InChI=1S/C35H37F6N3O4/c1-8-21-14-24(30-19(4)12-23(36)13-20(30)5)33(38)31(32(21)37)26(16-29(46)47)42-34(48)27(11-18(2)3)44-17-22(9-10-43(6)7)25(15-28(44)45)35(39,40)41/h1,12-15,17-18,26-27H,9-11,16H2,2-7H3,(H,42,48)(H,46,47)/t26-,27+/m0/s1. The van der Waals surface area contributed by atoms with E-state index in [1.54, 1.807) is 32.8 Å². The number of carbonyl (C=O) groups is 2. The molecular weight excluding hydrogens is 640 g/mol. The smallest absolute Gasteiger partial charge is 0.416 e. The summed E-state index contributed by atoms with van der Waals surface area (Å²) in [5.41, 5.74) is -3.45. The van der Waals surface area contributed by atoms with Crippen molar-refractivity contribution in [3.05, 3.63) is 91.6 Å². The molecule has 0 spiro atoms. The molecule has 0 aliphatic rings. The molecule has 0 saturated heterocycles. The van der Waals surface area contributed by atoms with Gasteiger partial charge < -0.3 is 19.9 Å². The van der Waals surface area contributed by atoms with Crippen LogP contribution in [0.1, 0.15) is 72.2 Å². The summed E-state index contributed by atoms with van der Waals surface area (Å²) in [5, 5.41) is 12.1. The van der Waals surface area contributed by atoms with Gasteiger partial charge in [-0.15, -0.1) is 6.42 Å². The fourth-order valence-electron chi connectivity index (χ4n) is 5.69. The highest BCUT2D eigenvalue weighted by atomic mass is 19.4. The number of pyridine rings is 1. The number of alkyl halides is 3. The van der Waals surface area contributed by atoms with E-state index >= 15 is 8.78 Å². The fourth-order valence-corrected chi connectivity index (χ4v) is 5.69. The molecular formula is C35H37F6N3O4. The maximum atomic E-state index is 16.4. The number of hydrogen-bond donors (Lipinski definition) is 2. The van der Waals surface area contributed by atoms with E-state index in [0.29, 0.717) is 6.07 Å². The highest BCUT2D eigenvalue weighted by Gasteiger charge is 2.36. The third-order valence-corrected chi connectivity index (χ3v) is 7.83. The van der Waals surface area contributed by atoms with Crippen molar-refractivity contribution in [2.24, 2.45) is 5.92 Å². The quantitative estimate of drug-likeness (QED) is 0.167. The number of benzene rings is 2. The Morgan fingerprint density at radius 3 is 2.15 bits per heavy atom. The largest absolute Gasteiger partial charge is 0.481 e. The molecule has 2 N–H and O–H groups in total. The first kappa shape index (κ1) is 37.9. The zero-order valence-electron chi connectivity index (χ0n) is 27.4. The van der Waals surface area contributed by atoms with Crippen molar-refractivity contribution in [1.82, 2.24) is 14.8 Å². The summed E-state index contributed by atoms with van der Waals surface area (Å²) in [4.78, 5) is 40.7. The number of likely N-dealkylation sites (N-methyl/N-ethyl adjacent to an activating group) is 1. The summed E-state index contributed by atoms with van der Waals surface area (Å²) >= 11 is 0. The van der Waals surface area contributed by atoms with Gasteiger partial charge in [0.2, 0.25) is 5.91 Å². The Kier molecular flexibility index (Phi) is 11.9. The molecule has 0 fully saturated rings. The van der Waals surface area contributed by atoms with Crippen LogP contribution in [0.15, 0.2) is 35.3 Å². The lowest BCUT2D eigenvalue weighted by molar-refractivity contribution is -0.139. The van der Waals surface area contributed by atoms with Crippen LogP contribution >= 0.6 is 0 Å². The number of aryl methyl sites for hydroxylation is 2. The van der Waals surface area contributed by atoms with Crippen molar-refractivity contribution in [3.8, 4) is 23.5 Å². The van der Waals surface area contributed by atoms with Gasteiger partial charge in [0, 0.05) is 29.9 Å². The Morgan fingerprint density at radius 2 is 1.65 bits per heavy atom. The van der Waals surface area contributed by atoms with Gasteiger partial charge >= 0.3 is 12.1 Å². The molecule has 7 nitrogen and oxygen atoms in total. The second kappa shape index (κ2) is 15.1. The monoisotopic (exact) mass is 677 g/mol. The average Bonchev–Trinajstić information content (AvgIpc) is 2.94. The van der Waals surface area contributed by atoms with Crippen LogP contribution in [0.25, 0.3) is 11.1 Å². The number of aromatic nitrogens is 1. The van der Waals surface area contributed by atoms with Gasteiger partial charge in [0.25, 0.3) is 5.56 Å². The first-order valence-electron chi connectivity index (χ1n) is 15.0. The zero-order chi connectivity index (χ0) is 36.2. The second-order valence-corrected chi connectivity index (χ2v) is 12.4. The van der Waals surface area contributed by atoms with Crippen molar-refractivity contribution >= 4 is 11.9 Å². The molecule has 258 valence electrons. The van der Waals surface area contributed by atoms with E-state index in [4.69, 9.17) is 6.42 Å². The molecule has 1 heterocycles. The van der Waals surface area contributed by atoms with Crippen molar-refractivity contribution in [3.63, 3.8) is 0 Å². The number of nitrogens with one attached hydrogen (secondary N) is 1. The third kappa shape index (κ3) is 8.66. The highest BCUT2D eigenvalue weighted by molar-refractivity contribution is 5.82. The first-order valence-corrected chi connectivity index (χ1v) is 15.0. The summed E-state index contributed by atoms with van der Waals surface area (Å²) in [5.74, 6) is -4.02. The average molecular weight is 678 g/mol. The van der Waals surface area contributed by atoms with Gasteiger partial charge in [-0.2, -0.15) is 13.2 Å². The minimum atomic E-state index is -4.86. The van der Waals surface area contributed by atoms with E-state index in [1.165, 1.54) is 13.8 Å². The van der Waals surface area contributed by atoms with Crippen molar-refractivity contribution in [2.75, 3.05) is 20.6 Å². The van der Waals surface area contributed by atoms with E-state index < -0.39 is 76.3 Å². The number of carboxylic acid groups (broad SMARTS) is 1. The predicted molar refractivity (Wildman–Crippen MR) is 169 cm³/mol. The van der Waals surface area contributed by atoms with Gasteiger partial charge in [0.05, 0.1) is 23.6 Å². The molecule has 2 aromatic carbocycles. The number of nitrogens with zero attached hydrogens (tertiary/aromatic N) is 2. The summed E-state index contributed by atoms with van der Waals surface area (Å²) < 4.78 is 88.8. The summed E-state index contributed by atoms with van der Waals surface area (Å²) in [7, 11) is 3.30. The molecule has 2 atom stereocenters. The molecule has 0 bridgehead atoms. The van der Waals surface area contributed by atoms with Gasteiger partial charge in [-0.1, -0.05) is 19.8 Å². The lowest BCUT2D eigenvalue weighted by Crippen LogP contribution is -2.41. The minimum Gasteiger partial charge on any atom is -0.481 e. The Morgan fingerprint density at radius 1 is 1.04 bits per heavy atom. The highest BCUT2D eigenvalue weighted by Crippen LogP contribution is 2.37. The number of halogens is 6. The second-order valence-electron chi connectivity index (χ2n) is 12.4. The molecule has 0 aliphatic heterocycles. The Balaban J connectivity index is 2.24. The van der Waals surface area contributed by atoms with Crippen LogP contribution in [0.4, 0.5) is 26.3 Å². The Hall–Kier alpha value is -4.57. The van der Waals surface area contributed by atoms with Crippen molar-refractivity contribution in [1.29, 1.82) is 0 Å². The Bertz CT molecular complexity index is 1780. The molecule has 0 saturated carbocycles. The molecule has 13 heteroatoms. The number of carbonyl (C=O) groups excluding carboxylic acids is 1. The number of aliphatic carboxylic acids is 1. The summed E-state index contributed by atoms with van der Waals surface area (Å²) in [6, 6.07) is 0.313. The number of terminal acetylenes is 1. The molecule has 3 aromatic rings. The van der Waals surface area contributed by atoms with E-state index in [0.717, 1.165) is 29.0 Å². The van der Waals surface area contributed by atoms with Crippen LogP contribution < -0.4 is 10.9 Å². The van der Waals surface area contributed by atoms with Crippen LogP contribution in [0.5, 0.6) is 0 Å². The summed E-state index contributed by atoms with van der Waals surface area (Å²) in [6.07, 6.45) is 0.353. The number of amides is 1. The zero-order valence-corrected chi connectivity index (χ0v) is 27.4. The van der Waals surface area contributed by atoms with E-state index in [1.807, 2.05) is 0 Å². The Labute approximate surface area is 274 Å². The molecule has 3 rings (SSSR count). The molecule has 1 aromatic heterocycles. The molecule has 48 heavy (non-hydrogen) atoms. The lowest BCUT2D eigenvalue weighted by atomic mass is 9.89. The summed E-state index contributed by atoms with van der Waals surface area (Å²) in [6.45, 7) is 6.54. The number of rotatable bonds is 12. The van der Waals surface area contributed by atoms with Crippen LogP contribution in [-0.4, -0.2) is 47.1 Å². The topological polar surface area (TPSA) is 91.6 Å². The predicted octanol–water partition coefficient (Wildman–Crippen LogP) is 6.57. The maximum Gasteiger partial charge on any atom is 0.416 e. The molecule has 0 aliphatic carbocycles. The molecule has 0 radical (unpaired) electrons. The van der Waals surface area contributed by atoms with Crippen LogP contribution in [-0.2, 0) is 22.2 Å². The van der Waals surface area contributed by atoms with Crippen molar-refractivity contribution < 1.29 is 41.0 Å². The first-order chi connectivity index (χ1) is 22.3. The van der Waals surface area contributed by atoms with Gasteiger partial charge in [-0.3, -0.25) is 14.4 Å². The van der Waals surface area contributed by atoms with Gasteiger partial charge in [0.15, 0.2) is 0 Å².